The van der Waals surface area contributed by atoms with Gasteiger partial charge in [-0.05, 0) is 53.9 Å². The zero-order chi connectivity index (χ0) is 21.3. The molecule has 0 unspecified atom stereocenters. The third-order valence-corrected chi connectivity index (χ3v) is 4.68. The topological polar surface area (TPSA) is 49.4 Å². The van der Waals surface area contributed by atoms with Crippen LogP contribution >= 0.6 is 0 Å². The van der Waals surface area contributed by atoms with E-state index in [9.17, 15) is 14.0 Å². The monoisotopic (exact) mass is 404 g/mol. The summed E-state index contributed by atoms with van der Waals surface area (Å²) in [6.45, 7) is 2.90. The third kappa shape index (κ3) is 5.77. The molecule has 3 rings (SSSR count). The van der Waals surface area contributed by atoms with Gasteiger partial charge in [0.25, 0.3) is 5.91 Å². The van der Waals surface area contributed by atoms with E-state index in [4.69, 9.17) is 0 Å². The Morgan fingerprint density at radius 1 is 0.900 bits per heavy atom. The molecule has 154 valence electrons. The van der Waals surface area contributed by atoms with Crippen LogP contribution in [0.3, 0.4) is 0 Å². The van der Waals surface area contributed by atoms with Gasteiger partial charge in [-0.2, -0.15) is 0 Å². The van der Waals surface area contributed by atoms with Crippen LogP contribution in [-0.2, 0) is 17.8 Å². The van der Waals surface area contributed by atoms with E-state index < -0.39 is 0 Å². The summed E-state index contributed by atoms with van der Waals surface area (Å²) in [7, 11) is 0. The number of carbonyl (C=O) groups is 2. The SMILES string of the molecule is CCCNC(=O)Cc1ccc(N(Cc2cccc(F)c2)C(=O)c2ccccc2)cc1. The van der Waals surface area contributed by atoms with E-state index in [0.29, 0.717) is 23.4 Å². The quantitative estimate of drug-likeness (QED) is 0.589. The number of benzene rings is 3. The highest BCUT2D eigenvalue weighted by Gasteiger charge is 2.18. The Bertz CT molecular complexity index is 988. The van der Waals surface area contributed by atoms with Gasteiger partial charge < -0.3 is 10.2 Å². The molecule has 0 aliphatic carbocycles. The molecule has 0 atom stereocenters. The maximum absolute atomic E-state index is 13.7. The van der Waals surface area contributed by atoms with Crippen molar-refractivity contribution in [3.05, 3.63) is 101 Å². The summed E-state index contributed by atoms with van der Waals surface area (Å²) < 4.78 is 13.7. The number of anilines is 1. The number of amides is 2. The highest BCUT2D eigenvalue weighted by atomic mass is 19.1. The van der Waals surface area contributed by atoms with Gasteiger partial charge in [-0.1, -0.05) is 49.4 Å². The van der Waals surface area contributed by atoms with Gasteiger partial charge in [-0.3, -0.25) is 9.59 Å². The molecule has 0 aliphatic rings. The number of nitrogens with zero attached hydrogens (tertiary/aromatic N) is 1. The lowest BCUT2D eigenvalue weighted by Crippen LogP contribution is -2.30. The number of carbonyl (C=O) groups excluding carboxylic acids is 2. The van der Waals surface area contributed by atoms with Gasteiger partial charge >= 0.3 is 0 Å². The second-order valence-electron chi connectivity index (χ2n) is 7.08. The molecule has 2 amide bonds. The van der Waals surface area contributed by atoms with Gasteiger partial charge in [0.05, 0.1) is 13.0 Å². The number of nitrogens with one attached hydrogen (secondary N) is 1. The zero-order valence-corrected chi connectivity index (χ0v) is 17.0. The first-order chi connectivity index (χ1) is 14.6. The number of halogens is 1. The van der Waals surface area contributed by atoms with Crippen LogP contribution in [0.25, 0.3) is 0 Å². The van der Waals surface area contributed by atoms with Gasteiger partial charge in [0, 0.05) is 17.8 Å². The summed E-state index contributed by atoms with van der Waals surface area (Å²) in [6, 6.07) is 22.6. The minimum Gasteiger partial charge on any atom is -0.356 e. The first kappa shape index (κ1) is 21.2. The second kappa shape index (κ2) is 10.3. The summed E-state index contributed by atoms with van der Waals surface area (Å²) in [5, 5.41) is 2.86. The van der Waals surface area contributed by atoms with Gasteiger partial charge in [0.2, 0.25) is 5.91 Å². The normalized spacial score (nSPS) is 10.5. The van der Waals surface area contributed by atoms with E-state index in [0.717, 1.165) is 12.0 Å². The fourth-order valence-corrected chi connectivity index (χ4v) is 3.14. The predicted octanol–water partition coefficient (Wildman–Crippen LogP) is 4.74. The molecule has 0 aliphatic heterocycles. The van der Waals surface area contributed by atoms with Crippen LogP contribution in [0.15, 0.2) is 78.9 Å². The van der Waals surface area contributed by atoms with Gasteiger partial charge in [0.15, 0.2) is 0 Å². The Morgan fingerprint density at radius 3 is 2.30 bits per heavy atom. The predicted molar refractivity (Wildman–Crippen MR) is 117 cm³/mol. The third-order valence-electron chi connectivity index (χ3n) is 4.68. The van der Waals surface area contributed by atoms with Gasteiger partial charge in [-0.25, -0.2) is 4.39 Å². The Hall–Kier alpha value is -3.47. The Morgan fingerprint density at radius 2 is 1.63 bits per heavy atom. The molecule has 0 radical (unpaired) electrons. The van der Waals surface area contributed by atoms with Gasteiger partial charge in [0.1, 0.15) is 5.82 Å². The lowest BCUT2D eigenvalue weighted by molar-refractivity contribution is -0.120. The smallest absolute Gasteiger partial charge is 0.258 e. The molecule has 1 N–H and O–H groups in total. The molecule has 3 aromatic carbocycles. The molecule has 0 heterocycles. The Labute approximate surface area is 176 Å². The van der Waals surface area contributed by atoms with Crippen molar-refractivity contribution < 1.29 is 14.0 Å². The van der Waals surface area contributed by atoms with Crippen LogP contribution in [-0.4, -0.2) is 18.4 Å². The van der Waals surface area contributed by atoms with E-state index >= 15 is 0 Å². The molecule has 5 heteroatoms. The second-order valence-corrected chi connectivity index (χ2v) is 7.08. The number of hydrogen-bond donors (Lipinski definition) is 1. The lowest BCUT2D eigenvalue weighted by atomic mass is 10.1. The van der Waals surface area contributed by atoms with Crippen LogP contribution in [0.5, 0.6) is 0 Å². The van der Waals surface area contributed by atoms with Crippen molar-refractivity contribution in [2.24, 2.45) is 0 Å². The van der Waals surface area contributed by atoms with Crippen molar-refractivity contribution in [2.75, 3.05) is 11.4 Å². The van der Waals surface area contributed by atoms with Crippen LogP contribution in [0.2, 0.25) is 0 Å². The molecule has 0 fully saturated rings. The average Bonchev–Trinajstić information content (AvgIpc) is 2.77. The lowest BCUT2D eigenvalue weighted by Gasteiger charge is -2.23. The van der Waals surface area contributed by atoms with Crippen molar-refractivity contribution in [3.8, 4) is 0 Å². The maximum Gasteiger partial charge on any atom is 0.258 e. The number of rotatable bonds is 8. The molecule has 0 bridgehead atoms. The average molecular weight is 404 g/mol. The summed E-state index contributed by atoms with van der Waals surface area (Å²) in [6.07, 6.45) is 1.18. The molecule has 0 aromatic heterocycles. The molecule has 3 aromatic rings. The van der Waals surface area contributed by atoms with Crippen LogP contribution in [0, 0.1) is 5.82 Å². The summed E-state index contributed by atoms with van der Waals surface area (Å²) in [5.74, 6) is -0.539. The van der Waals surface area contributed by atoms with Crippen LogP contribution in [0.4, 0.5) is 10.1 Å². The Kier molecular flexibility index (Phi) is 7.33. The van der Waals surface area contributed by atoms with Crippen molar-refractivity contribution in [1.29, 1.82) is 0 Å². The summed E-state index contributed by atoms with van der Waals surface area (Å²) in [5.41, 5.74) is 2.80. The van der Waals surface area contributed by atoms with Gasteiger partial charge in [-0.15, -0.1) is 0 Å². The Balaban J connectivity index is 1.84. The van der Waals surface area contributed by atoms with Crippen molar-refractivity contribution in [1.82, 2.24) is 5.32 Å². The van der Waals surface area contributed by atoms with E-state index in [1.807, 2.05) is 49.4 Å². The first-order valence-electron chi connectivity index (χ1n) is 10.0. The molecule has 4 nitrogen and oxygen atoms in total. The molecule has 30 heavy (non-hydrogen) atoms. The minimum absolute atomic E-state index is 0.0263. The maximum atomic E-state index is 13.7. The number of hydrogen-bond acceptors (Lipinski definition) is 2. The molecular formula is C25H25FN2O2. The standard InChI is InChI=1S/C25H25FN2O2/c1-2-15-27-24(29)17-19-11-13-23(14-12-19)28(18-20-7-6-10-22(26)16-20)25(30)21-8-4-3-5-9-21/h3-14,16H,2,15,17-18H2,1H3,(H,27,29). The molecule has 0 spiro atoms. The zero-order valence-electron chi connectivity index (χ0n) is 17.0. The molecule has 0 saturated heterocycles. The minimum atomic E-state index is -0.340. The summed E-state index contributed by atoms with van der Waals surface area (Å²) >= 11 is 0. The van der Waals surface area contributed by atoms with Crippen molar-refractivity contribution in [3.63, 3.8) is 0 Å². The largest absolute Gasteiger partial charge is 0.356 e. The fourth-order valence-electron chi connectivity index (χ4n) is 3.14. The highest BCUT2D eigenvalue weighted by molar-refractivity contribution is 6.06. The van der Waals surface area contributed by atoms with E-state index in [1.54, 1.807) is 29.2 Å². The van der Waals surface area contributed by atoms with Crippen LogP contribution in [0.1, 0.15) is 34.8 Å². The molecular weight excluding hydrogens is 379 g/mol. The van der Waals surface area contributed by atoms with E-state index in [-0.39, 0.29) is 30.6 Å². The van der Waals surface area contributed by atoms with E-state index in [2.05, 4.69) is 5.32 Å². The van der Waals surface area contributed by atoms with E-state index in [1.165, 1.54) is 12.1 Å². The highest BCUT2D eigenvalue weighted by Crippen LogP contribution is 2.22. The molecule has 0 saturated carbocycles. The van der Waals surface area contributed by atoms with Crippen molar-refractivity contribution >= 4 is 17.5 Å². The summed E-state index contributed by atoms with van der Waals surface area (Å²) in [4.78, 5) is 26.7. The fraction of sp³-hybridized carbons (Fsp3) is 0.200. The van der Waals surface area contributed by atoms with Crippen molar-refractivity contribution in [2.45, 2.75) is 26.3 Å². The van der Waals surface area contributed by atoms with Crippen LogP contribution < -0.4 is 10.2 Å². The first-order valence-corrected chi connectivity index (χ1v) is 10.0.